The number of amides is 2. The van der Waals surface area contributed by atoms with Crippen LogP contribution >= 0.6 is 23.2 Å². The highest BCUT2D eigenvalue weighted by Gasteiger charge is 2.38. The number of benzene rings is 2. The number of hydrazine groups is 1. The average Bonchev–Trinajstić information content (AvgIpc) is 3.59. The van der Waals surface area contributed by atoms with Gasteiger partial charge in [-0.1, -0.05) is 59.6 Å². The molecule has 1 saturated heterocycles. The van der Waals surface area contributed by atoms with E-state index in [9.17, 15) is 19.5 Å². The summed E-state index contributed by atoms with van der Waals surface area (Å²) >= 11 is 14.2. The zero-order chi connectivity index (χ0) is 42.4. The van der Waals surface area contributed by atoms with Crippen molar-refractivity contribution in [3.05, 3.63) is 92.3 Å². The van der Waals surface area contributed by atoms with Gasteiger partial charge in [-0.05, 0) is 53.0 Å². The number of rotatable bonds is 11. The van der Waals surface area contributed by atoms with E-state index in [1.54, 1.807) is 69.7 Å². The summed E-state index contributed by atoms with van der Waals surface area (Å²) in [7, 11) is 3.05. The number of nitrogens with zero attached hydrogens (tertiary/aromatic N) is 5. The molecule has 4 heterocycles. The fraction of sp³-hybridized carbons (Fsp3) is 0.405. The van der Waals surface area contributed by atoms with Crippen molar-refractivity contribution in [3.8, 4) is 39.4 Å². The molecule has 59 heavy (non-hydrogen) atoms. The zero-order valence-corrected chi connectivity index (χ0v) is 35.2. The second kappa shape index (κ2) is 16.5. The van der Waals surface area contributed by atoms with Gasteiger partial charge in [0.2, 0.25) is 11.8 Å². The van der Waals surface area contributed by atoms with E-state index >= 15 is 4.39 Å². The summed E-state index contributed by atoms with van der Waals surface area (Å²) in [5.74, 6) is -0.337. The highest BCUT2D eigenvalue weighted by atomic mass is 35.5. The van der Waals surface area contributed by atoms with Gasteiger partial charge in [0.05, 0.1) is 47.1 Å². The molecule has 0 radical (unpaired) electrons. The van der Waals surface area contributed by atoms with E-state index < -0.39 is 23.1 Å². The monoisotopic (exact) mass is 848 g/mol. The van der Waals surface area contributed by atoms with Crippen molar-refractivity contribution in [2.24, 2.45) is 7.05 Å². The Morgan fingerprint density at radius 2 is 1.75 bits per heavy atom. The maximum atomic E-state index is 16.2. The Morgan fingerprint density at radius 3 is 2.37 bits per heavy atom. The number of carbonyl (C=O) groups is 2. The molecule has 2 aromatic carbocycles. The average molecular weight is 850 g/mol. The lowest BCUT2D eigenvalue weighted by Crippen LogP contribution is -2.54. The number of methoxy groups -OCH3 is 1. The lowest BCUT2D eigenvalue weighted by molar-refractivity contribution is -0.124. The van der Waals surface area contributed by atoms with Crippen LogP contribution in [0.25, 0.3) is 39.0 Å². The number of hydrogen-bond acceptors (Lipinski definition) is 10. The Bertz CT molecular complexity index is 2480. The topological polar surface area (TPSA) is 164 Å². The largest absolute Gasteiger partial charge is 0.481 e. The first-order valence-electron chi connectivity index (χ1n) is 19.3. The first-order valence-corrected chi connectivity index (χ1v) is 20.0. The maximum absolute atomic E-state index is 16.2. The number of halogens is 3. The first kappa shape index (κ1) is 42.1. The molecule has 1 atom stereocenters. The van der Waals surface area contributed by atoms with E-state index in [1.807, 2.05) is 18.2 Å². The Labute approximate surface area is 350 Å². The molecule has 7 rings (SSSR count). The molecule has 0 spiro atoms. The van der Waals surface area contributed by atoms with Crippen LogP contribution in [0.2, 0.25) is 10.0 Å². The lowest BCUT2D eigenvalue weighted by Gasteiger charge is -2.41. The highest BCUT2D eigenvalue weighted by molar-refractivity contribution is 6.39. The molecule has 1 aliphatic carbocycles. The van der Waals surface area contributed by atoms with Crippen LogP contribution < -0.4 is 26.5 Å². The van der Waals surface area contributed by atoms with Gasteiger partial charge in [0, 0.05) is 72.2 Å². The summed E-state index contributed by atoms with van der Waals surface area (Å²) in [6.45, 7) is 7.28. The Morgan fingerprint density at radius 1 is 1.08 bits per heavy atom. The normalized spacial score (nSPS) is 19.3. The van der Waals surface area contributed by atoms with E-state index in [0.29, 0.717) is 70.0 Å². The van der Waals surface area contributed by atoms with Crippen molar-refractivity contribution < 1.29 is 28.6 Å². The van der Waals surface area contributed by atoms with E-state index in [-0.39, 0.29) is 65.2 Å². The minimum Gasteiger partial charge on any atom is -0.481 e. The zero-order valence-electron chi connectivity index (χ0n) is 33.7. The minimum atomic E-state index is -0.812. The highest BCUT2D eigenvalue weighted by Crippen LogP contribution is 2.43. The van der Waals surface area contributed by atoms with E-state index in [0.717, 1.165) is 0 Å². The predicted octanol–water partition coefficient (Wildman–Crippen LogP) is 6.41. The van der Waals surface area contributed by atoms with Gasteiger partial charge in [-0.25, -0.2) is 24.1 Å². The molecule has 2 amide bonds. The molecular weight excluding hydrogens is 802 g/mol. The molecule has 14 nitrogen and oxygen atoms in total. The maximum Gasteiger partial charge on any atom is 0.410 e. The van der Waals surface area contributed by atoms with Gasteiger partial charge in [0.25, 0.3) is 5.56 Å². The predicted molar refractivity (Wildman–Crippen MR) is 222 cm³/mol. The van der Waals surface area contributed by atoms with Crippen molar-refractivity contribution >= 4 is 40.7 Å². The van der Waals surface area contributed by atoms with Gasteiger partial charge < -0.3 is 24.8 Å². The Hall–Kier alpha value is -5.06. The third-order valence-electron chi connectivity index (χ3n) is 10.5. The van der Waals surface area contributed by atoms with E-state index in [1.165, 1.54) is 22.6 Å². The third kappa shape index (κ3) is 9.09. The molecule has 2 aliphatic rings. The van der Waals surface area contributed by atoms with Gasteiger partial charge in [0.15, 0.2) is 0 Å². The van der Waals surface area contributed by atoms with Crippen LogP contribution in [0.4, 0.5) is 9.18 Å². The quantitative estimate of drug-likeness (QED) is 0.117. The van der Waals surface area contributed by atoms with Crippen LogP contribution in [0.15, 0.2) is 59.5 Å². The summed E-state index contributed by atoms with van der Waals surface area (Å²) in [5, 5.41) is 18.8. The Kier molecular flexibility index (Phi) is 11.8. The summed E-state index contributed by atoms with van der Waals surface area (Å²) in [6.07, 6.45) is 3.10. The van der Waals surface area contributed by atoms with Crippen LogP contribution in [0.5, 0.6) is 5.88 Å². The second-order valence-corrected chi connectivity index (χ2v) is 17.2. The molecule has 17 heteroatoms. The van der Waals surface area contributed by atoms with Gasteiger partial charge in [-0.15, -0.1) is 0 Å². The van der Waals surface area contributed by atoms with Crippen molar-refractivity contribution in [2.45, 2.75) is 89.8 Å². The molecule has 5 aromatic rings. The number of nitrogens with one attached hydrogen (secondary N) is 3. The molecule has 4 N–H and O–H groups in total. The molecule has 0 bridgehead atoms. The minimum absolute atomic E-state index is 0.0326. The summed E-state index contributed by atoms with van der Waals surface area (Å²) in [5.41, 5.74) is 7.26. The number of aromatic nitrogens is 4. The molecule has 1 saturated carbocycles. The third-order valence-corrected chi connectivity index (χ3v) is 11.3. The van der Waals surface area contributed by atoms with Crippen molar-refractivity contribution in [1.82, 2.24) is 40.2 Å². The number of pyridine rings is 1. The van der Waals surface area contributed by atoms with E-state index in [2.05, 4.69) is 21.2 Å². The lowest BCUT2D eigenvalue weighted by atomic mass is 9.77. The standard InChI is InChI=1S/C42H47Cl2FN8O6/c1-41(2,3)59-40(56)52(21-24-13-14-35(54)49-48-24)22-30-31(45)16-32(47-38(30)58-6)29-12-8-11-28(37(29)44)27-10-7-9-26(36(27)43)23-15-33-39(55)51(5)34(50-53(33)20-23)19-46-25-17-42(4,57)18-25/h7-12,15-16,20,24-25,46,48,57H,13-14,17-19,21-22H2,1-6H3,(H,49,54). The number of carbonyl (C=O) groups excluding carboxylic acids is 2. The first-order chi connectivity index (χ1) is 27.9. The molecular formula is C42H47Cl2FN8O6. The molecule has 3 aromatic heterocycles. The van der Waals surface area contributed by atoms with Crippen LogP contribution in [-0.2, 0) is 29.7 Å². The van der Waals surface area contributed by atoms with Crippen molar-refractivity contribution in [2.75, 3.05) is 13.7 Å². The molecule has 1 aliphatic heterocycles. The van der Waals surface area contributed by atoms with Gasteiger partial charge in [-0.3, -0.25) is 19.6 Å². The number of fused-ring (bicyclic) bond motifs is 1. The summed E-state index contributed by atoms with van der Waals surface area (Å²) in [6, 6.07) is 13.6. The number of aliphatic hydroxyl groups is 1. The number of hydrogen-bond donors (Lipinski definition) is 4. The number of ether oxygens (including phenoxy) is 2. The van der Waals surface area contributed by atoms with Crippen molar-refractivity contribution in [1.29, 1.82) is 0 Å². The van der Waals surface area contributed by atoms with Gasteiger partial charge >= 0.3 is 6.09 Å². The van der Waals surface area contributed by atoms with Crippen LogP contribution in [-0.4, -0.2) is 78.1 Å². The Balaban J connectivity index is 1.17. The fourth-order valence-corrected chi connectivity index (χ4v) is 8.14. The van der Waals surface area contributed by atoms with Crippen LogP contribution in [0, 0.1) is 5.82 Å². The van der Waals surface area contributed by atoms with Crippen LogP contribution in [0.3, 0.4) is 0 Å². The van der Waals surface area contributed by atoms with Crippen molar-refractivity contribution in [3.63, 3.8) is 0 Å². The van der Waals surface area contributed by atoms with Gasteiger partial charge in [-0.2, -0.15) is 5.10 Å². The van der Waals surface area contributed by atoms with Gasteiger partial charge in [0.1, 0.15) is 22.8 Å². The molecule has 1 unspecified atom stereocenters. The second-order valence-electron chi connectivity index (χ2n) is 16.4. The SMILES string of the molecule is COc1nc(-c2cccc(-c3cccc(-c4cc5c(=O)n(C)c(CNC6CC(C)(O)C6)nn5c4)c3Cl)c2Cl)cc(F)c1CN(CC1CCC(=O)NN1)C(=O)OC(C)(C)C. The molecule has 2 fully saturated rings. The fourth-order valence-electron chi connectivity index (χ4n) is 7.47. The van der Waals surface area contributed by atoms with E-state index in [4.69, 9.17) is 37.8 Å². The summed E-state index contributed by atoms with van der Waals surface area (Å²) in [4.78, 5) is 44.5. The smallest absolute Gasteiger partial charge is 0.410 e. The molecule has 312 valence electrons. The van der Waals surface area contributed by atoms with Crippen LogP contribution in [0.1, 0.15) is 64.8 Å². The summed E-state index contributed by atoms with van der Waals surface area (Å²) < 4.78 is 30.5.